The average Bonchev–Trinajstić information content (AvgIpc) is 2.78. The molecule has 0 spiro atoms. The Kier molecular flexibility index (Phi) is 3.89. The Morgan fingerprint density at radius 3 is 3.12 bits per heavy atom. The number of nitrogens with zero attached hydrogens (tertiary/aromatic N) is 2. The predicted octanol–water partition coefficient (Wildman–Crippen LogP) is 1.47. The van der Waals surface area contributed by atoms with Crippen molar-refractivity contribution in [2.24, 2.45) is 5.73 Å². The predicted molar refractivity (Wildman–Crippen MR) is 66.5 cm³/mol. The maximum absolute atomic E-state index is 5.98. The lowest BCUT2D eigenvalue weighted by Crippen LogP contribution is -2.11. The standard InChI is InChI=1S/C11H19N3OS/c1-8-9-3-4-10(12)11(9)13-14(8)7-15-5-6-16-2/h10H,3-7,12H2,1-2H3/t10-/m1/s1. The number of thioether (sulfide) groups is 1. The minimum Gasteiger partial charge on any atom is -0.358 e. The molecule has 1 aliphatic carbocycles. The van der Waals surface area contributed by atoms with Gasteiger partial charge in [-0.25, -0.2) is 4.68 Å². The number of hydrogen-bond acceptors (Lipinski definition) is 4. The molecule has 2 rings (SSSR count). The van der Waals surface area contributed by atoms with Gasteiger partial charge in [0, 0.05) is 17.5 Å². The second-order valence-electron chi connectivity index (χ2n) is 4.12. The maximum atomic E-state index is 5.98. The molecule has 90 valence electrons. The number of aromatic nitrogens is 2. The summed E-state index contributed by atoms with van der Waals surface area (Å²) in [4.78, 5) is 0. The molecule has 0 saturated carbocycles. The second kappa shape index (κ2) is 5.21. The summed E-state index contributed by atoms with van der Waals surface area (Å²) in [5, 5.41) is 4.53. The van der Waals surface area contributed by atoms with E-state index in [0.717, 1.165) is 30.9 Å². The molecule has 5 heteroatoms. The van der Waals surface area contributed by atoms with Crippen LogP contribution in [0, 0.1) is 6.92 Å². The third-order valence-corrected chi connectivity index (χ3v) is 3.64. The van der Waals surface area contributed by atoms with Gasteiger partial charge >= 0.3 is 0 Å². The van der Waals surface area contributed by atoms with E-state index in [4.69, 9.17) is 10.5 Å². The third-order valence-electron chi connectivity index (χ3n) is 3.06. The number of rotatable bonds is 5. The van der Waals surface area contributed by atoms with Crippen LogP contribution in [0.3, 0.4) is 0 Å². The topological polar surface area (TPSA) is 53.1 Å². The van der Waals surface area contributed by atoms with Crippen molar-refractivity contribution in [1.82, 2.24) is 9.78 Å². The summed E-state index contributed by atoms with van der Waals surface area (Å²) in [5.41, 5.74) is 9.61. The van der Waals surface area contributed by atoms with Crippen molar-refractivity contribution in [2.45, 2.75) is 32.5 Å². The van der Waals surface area contributed by atoms with Gasteiger partial charge in [-0.05, 0) is 31.6 Å². The fourth-order valence-electron chi connectivity index (χ4n) is 2.07. The molecule has 1 aromatic heterocycles. The Bertz CT molecular complexity index is 364. The molecule has 1 heterocycles. The Labute approximate surface area is 101 Å². The number of hydrogen-bond donors (Lipinski definition) is 1. The van der Waals surface area contributed by atoms with Crippen molar-refractivity contribution in [3.8, 4) is 0 Å². The lowest BCUT2D eigenvalue weighted by atomic mass is 10.2. The van der Waals surface area contributed by atoms with E-state index < -0.39 is 0 Å². The zero-order valence-electron chi connectivity index (χ0n) is 9.90. The van der Waals surface area contributed by atoms with E-state index >= 15 is 0 Å². The smallest absolute Gasteiger partial charge is 0.139 e. The highest BCUT2D eigenvalue weighted by molar-refractivity contribution is 7.98. The highest BCUT2D eigenvalue weighted by atomic mass is 32.2. The summed E-state index contributed by atoms with van der Waals surface area (Å²) < 4.78 is 7.49. The molecule has 1 aliphatic rings. The zero-order chi connectivity index (χ0) is 11.5. The molecule has 4 nitrogen and oxygen atoms in total. The Morgan fingerprint density at radius 2 is 2.44 bits per heavy atom. The van der Waals surface area contributed by atoms with E-state index in [9.17, 15) is 0 Å². The first kappa shape index (κ1) is 12.0. The molecule has 16 heavy (non-hydrogen) atoms. The lowest BCUT2D eigenvalue weighted by molar-refractivity contribution is 0.0791. The van der Waals surface area contributed by atoms with Gasteiger partial charge in [0.1, 0.15) is 6.73 Å². The largest absolute Gasteiger partial charge is 0.358 e. The molecule has 1 atom stereocenters. The van der Waals surface area contributed by atoms with Crippen LogP contribution in [0.2, 0.25) is 0 Å². The molecule has 0 radical (unpaired) electrons. The van der Waals surface area contributed by atoms with Gasteiger partial charge in [-0.1, -0.05) is 0 Å². The monoisotopic (exact) mass is 241 g/mol. The van der Waals surface area contributed by atoms with Gasteiger partial charge in [0.2, 0.25) is 0 Å². The van der Waals surface area contributed by atoms with Crippen LogP contribution in [0.1, 0.15) is 29.4 Å². The fraction of sp³-hybridized carbons (Fsp3) is 0.727. The average molecular weight is 241 g/mol. The molecule has 0 aliphatic heterocycles. The van der Waals surface area contributed by atoms with Crippen LogP contribution < -0.4 is 5.73 Å². The molecule has 0 unspecified atom stereocenters. The van der Waals surface area contributed by atoms with E-state index in [1.807, 2.05) is 4.68 Å². The van der Waals surface area contributed by atoms with Crippen molar-refractivity contribution >= 4 is 11.8 Å². The molecular formula is C11H19N3OS. The fourth-order valence-corrected chi connectivity index (χ4v) is 2.35. The minimum atomic E-state index is 0.126. The minimum absolute atomic E-state index is 0.126. The highest BCUT2D eigenvalue weighted by Gasteiger charge is 2.25. The first-order valence-electron chi connectivity index (χ1n) is 5.62. The van der Waals surface area contributed by atoms with Crippen molar-refractivity contribution in [1.29, 1.82) is 0 Å². The maximum Gasteiger partial charge on any atom is 0.139 e. The normalized spacial score (nSPS) is 19.1. The Morgan fingerprint density at radius 1 is 1.62 bits per heavy atom. The van der Waals surface area contributed by atoms with E-state index in [-0.39, 0.29) is 6.04 Å². The number of ether oxygens (including phenoxy) is 1. The molecule has 1 aromatic rings. The van der Waals surface area contributed by atoms with Gasteiger partial charge in [-0.15, -0.1) is 0 Å². The molecule has 0 bridgehead atoms. The van der Waals surface area contributed by atoms with E-state index in [0.29, 0.717) is 6.73 Å². The lowest BCUT2D eigenvalue weighted by Gasteiger charge is -2.07. The molecule has 0 saturated heterocycles. The van der Waals surface area contributed by atoms with Crippen LogP contribution >= 0.6 is 11.8 Å². The van der Waals surface area contributed by atoms with Gasteiger partial charge in [-0.3, -0.25) is 0 Å². The van der Waals surface area contributed by atoms with E-state index in [1.165, 1.54) is 11.3 Å². The second-order valence-corrected chi connectivity index (χ2v) is 5.11. The van der Waals surface area contributed by atoms with Gasteiger partial charge in [-0.2, -0.15) is 16.9 Å². The first-order chi connectivity index (χ1) is 7.74. The number of fused-ring (bicyclic) bond motifs is 1. The highest BCUT2D eigenvalue weighted by Crippen LogP contribution is 2.30. The van der Waals surface area contributed by atoms with E-state index in [1.54, 1.807) is 11.8 Å². The quantitative estimate of drug-likeness (QED) is 0.793. The van der Waals surface area contributed by atoms with Crippen molar-refractivity contribution in [3.05, 3.63) is 17.0 Å². The summed E-state index contributed by atoms with van der Waals surface area (Å²) in [6.07, 6.45) is 4.18. The number of nitrogens with two attached hydrogens (primary N) is 1. The molecule has 2 N–H and O–H groups in total. The van der Waals surface area contributed by atoms with Crippen molar-refractivity contribution in [2.75, 3.05) is 18.6 Å². The Balaban J connectivity index is 1.98. The SMILES string of the molecule is CSCCOCn1nc2c(c1C)CC[C@H]2N. The van der Waals surface area contributed by atoms with Crippen LogP contribution in [-0.4, -0.2) is 28.4 Å². The van der Waals surface area contributed by atoms with Gasteiger partial charge in [0.05, 0.1) is 12.3 Å². The van der Waals surface area contributed by atoms with Crippen LogP contribution in [0.25, 0.3) is 0 Å². The van der Waals surface area contributed by atoms with Gasteiger partial charge < -0.3 is 10.5 Å². The Hall–Kier alpha value is -0.520. The summed E-state index contributed by atoms with van der Waals surface area (Å²) in [7, 11) is 0. The molecular weight excluding hydrogens is 222 g/mol. The molecule has 0 aromatic carbocycles. The van der Waals surface area contributed by atoms with Crippen LogP contribution in [0.4, 0.5) is 0 Å². The molecule has 0 amide bonds. The molecule has 0 fully saturated rings. The summed E-state index contributed by atoms with van der Waals surface area (Å²) in [5.74, 6) is 1.03. The summed E-state index contributed by atoms with van der Waals surface area (Å²) >= 11 is 1.79. The van der Waals surface area contributed by atoms with Crippen molar-refractivity contribution < 1.29 is 4.74 Å². The van der Waals surface area contributed by atoms with Crippen LogP contribution in [-0.2, 0) is 17.9 Å². The zero-order valence-corrected chi connectivity index (χ0v) is 10.7. The summed E-state index contributed by atoms with van der Waals surface area (Å²) in [6.45, 7) is 3.42. The third kappa shape index (κ3) is 2.26. The summed E-state index contributed by atoms with van der Waals surface area (Å²) in [6, 6.07) is 0.126. The van der Waals surface area contributed by atoms with Crippen LogP contribution in [0.15, 0.2) is 0 Å². The van der Waals surface area contributed by atoms with Crippen LogP contribution in [0.5, 0.6) is 0 Å². The van der Waals surface area contributed by atoms with Gasteiger partial charge in [0.25, 0.3) is 0 Å². The van der Waals surface area contributed by atoms with E-state index in [2.05, 4.69) is 18.3 Å². The van der Waals surface area contributed by atoms with Crippen molar-refractivity contribution in [3.63, 3.8) is 0 Å². The first-order valence-corrected chi connectivity index (χ1v) is 7.02. The van der Waals surface area contributed by atoms with Gasteiger partial charge in [0.15, 0.2) is 0 Å².